The number of nitriles is 1. The molecule has 1 aromatic heterocycles. The highest BCUT2D eigenvalue weighted by molar-refractivity contribution is 5.95. The Hall–Kier alpha value is -2.08. The summed E-state index contributed by atoms with van der Waals surface area (Å²) in [5, 5.41) is 9.95. The molecule has 2 aromatic rings. The van der Waals surface area contributed by atoms with Gasteiger partial charge in [0.1, 0.15) is 6.07 Å². The van der Waals surface area contributed by atoms with Crippen molar-refractivity contribution < 1.29 is 4.79 Å². The number of fused-ring (bicyclic) bond motifs is 1. The first-order valence-electron chi connectivity index (χ1n) is 4.64. The third-order valence-electron chi connectivity index (χ3n) is 2.75. The SMILES string of the molecule is Cc1c(C=O)n(C)c2c(C#N)cccc12. The highest BCUT2D eigenvalue weighted by Crippen LogP contribution is 2.25. The number of hydrogen-bond donors (Lipinski definition) is 0. The number of carbonyl (C=O) groups excluding carboxylic acids is 1. The van der Waals surface area contributed by atoms with Crippen LogP contribution in [0, 0.1) is 18.3 Å². The molecule has 3 heteroatoms. The molecule has 0 spiro atoms. The molecular formula is C12H10N2O. The molecule has 0 aliphatic carbocycles. The summed E-state index contributed by atoms with van der Waals surface area (Å²) in [6, 6.07) is 7.66. The molecule has 0 amide bonds. The summed E-state index contributed by atoms with van der Waals surface area (Å²) in [7, 11) is 1.81. The molecule has 2 rings (SSSR count). The molecule has 0 atom stereocenters. The summed E-state index contributed by atoms with van der Waals surface area (Å²) in [4.78, 5) is 10.9. The van der Waals surface area contributed by atoms with Crippen LogP contribution in [0.15, 0.2) is 18.2 Å². The second kappa shape index (κ2) is 3.25. The normalized spacial score (nSPS) is 10.2. The van der Waals surface area contributed by atoms with Gasteiger partial charge in [0, 0.05) is 12.4 Å². The fourth-order valence-electron chi connectivity index (χ4n) is 1.98. The monoisotopic (exact) mass is 198 g/mol. The lowest BCUT2D eigenvalue weighted by Crippen LogP contribution is -1.96. The van der Waals surface area contributed by atoms with E-state index in [9.17, 15) is 4.79 Å². The molecule has 0 aliphatic rings. The van der Waals surface area contributed by atoms with Gasteiger partial charge in [-0.3, -0.25) is 4.79 Å². The van der Waals surface area contributed by atoms with Crippen molar-refractivity contribution in [3.63, 3.8) is 0 Å². The predicted octanol–water partition coefficient (Wildman–Crippen LogP) is 2.17. The van der Waals surface area contributed by atoms with Crippen LogP contribution in [0.25, 0.3) is 10.9 Å². The first-order valence-corrected chi connectivity index (χ1v) is 4.64. The summed E-state index contributed by atoms with van der Waals surface area (Å²) in [5.74, 6) is 0. The molecule has 0 N–H and O–H groups in total. The fraction of sp³-hybridized carbons (Fsp3) is 0.167. The first-order chi connectivity index (χ1) is 7.20. The van der Waals surface area contributed by atoms with Crippen molar-refractivity contribution in [2.45, 2.75) is 6.92 Å². The van der Waals surface area contributed by atoms with Crippen LogP contribution < -0.4 is 0 Å². The molecule has 3 nitrogen and oxygen atoms in total. The maximum absolute atomic E-state index is 10.9. The van der Waals surface area contributed by atoms with Gasteiger partial charge in [-0.2, -0.15) is 5.26 Å². The molecule has 0 saturated heterocycles. The second-order valence-corrected chi connectivity index (χ2v) is 3.50. The first kappa shape index (κ1) is 9.47. The van der Waals surface area contributed by atoms with E-state index in [4.69, 9.17) is 5.26 Å². The van der Waals surface area contributed by atoms with Crippen molar-refractivity contribution in [3.8, 4) is 6.07 Å². The summed E-state index contributed by atoms with van der Waals surface area (Å²) < 4.78 is 1.77. The van der Waals surface area contributed by atoms with Gasteiger partial charge in [0.2, 0.25) is 0 Å². The smallest absolute Gasteiger partial charge is 0.166 e. The lowest BCUT2D eigenvalue weighted by atomic mass is 10.1. The number of hydrogen-bond acceptors (Lipinski definition) is 2. The van der Waals surface area contributed by atoms with Gasteiger partial charge in [-0.05, 0) is 18.6 Å². The van der Waals surface area contributed by atoms with Crippen LogP contribution in [-0.4, -0.2) is 10.9 Å². The van der Waals surface area contributed by atoms with Gasteiger partial charge in [-0.1, -0.05) is 12.1 Å². The number of aldehydes is 1. The second-order valence-electron chi connectivity index (χ2n) is 3.50. The minimum absolute atomic E-state index is 0.603. The van der Waals surface area contributed by atoms with E-state index in [1.807, 2.05) is 19.1 Å². The van der Waals surface area contributed by atoms with Gasteiger partial charge in [0.15, 0.2) is 6.29 Å². The van der Waals surface area contributed by atoms with E-state index in [2.05, 4.69) is 6.07 Å². The van der Waals surface area contributed by atoms with Crippen LogP contribution in [-0.2, 0) is 7.05 Å². The maximum atomic E-state index is 10.9. The van der Waals surface area contributed by atoms with Crippen LogP contribution in [0.1, 0.15) is 21.6 Å². The highest BCUT2D eigenvalue weighted by Gasteiger charge is 2.13. The maximum Gasteiger partial charge on any atom is 0.166 e. The highest BCUT2D eigenvalue weighted by atomic mass is 16.1. The molecule has 0 saturated carbocycles. The van der Waals surface area contributed by atoms with Crippen LogP contribution in [0.4, 0.5) is 0 Å². The fourth-order valence-corrected chi connectivity index (χ4v) is 1.98. The number of para-hydroxylation sites is 1. The zero-order valence-electron chi connectivity index (χ0n) is 8.61. The Bertz CT molecular complexity index is 588. The molecular weight excluding hydrogens is 188 g/mol. The Kier molecular flexibility index (Phi) is 2.05. The zero-order valence-corrected chi connectivity index (χ0v) is 8.61. The van der Waals surface area contributed by atoms with E-state index in [1.165, 1.54) is 0 Å². The number of rotatable bonds is 1. The van der Waals surface area contributed by atoms with E-state index in [-0.39, 0.29) is 0 Å². The van der Waals surface area contributed by atoms with Gasteiger partial charge in [-0.25, -0.2) is 0 Å². The average molecular weight is 198 g/mol. The molecule has 0 radical (unpaired) electrons. The van der Waals surface area contributed by atoms with Crippen LogP contribution >= 0.6 is 0 Å². The van der Waals surface area contributed by atoms with Crippen molar-refractivity contribution in [2.75, 3.05) is 0 Å². The Morgan fingerprint density at radius 3 is 2.80 bits per heavy atom. The molecule has 74 valence electrons. The summed E-state index contributed by atoms with van der Waals surface area (Å²) in [6.45, 7) is 1.90. The third kappa shape index (κ3) is 1.15. The number of aromatic nitrogens is 1. The van der Waals surface area contributed by atoms with Crippen molar-refractivity contribution in [1.29, 1.82) is 5.26 Å². The lowest BCUT2D eigenvalue weighted by Gasteiger charge is -1.99. The zero-order chi connectivity index (χ0) is 11.0. The minimum atomic E-state index is 0.603. The average Bonchev–Trinajstić information content (AvgIpc) is 2.51. The van der Waals surface area contributed by atoms with Crippen molar-refractivity contribution >= 4 is 17.2 Å². The molecule has 0 bridgehead atoms. The van der Waals surface area contributed by atoms with Gasteiger partial charge in [-0.15, -0.1) is 0 Å². The largest absolute Gasteiger partial charge is 0.340 e. The van der Waals surface area contributed by atoms with Gasteiger partial charge in [0.25, 0.3) is 0 Å². The third-order valence-corrected chi connectivity index (χ3v) is 2.75. The minimum Gasteiger partial charge on any atom is -0.340 e. The molecule has 1 aromatic carbocycles. The molecule has 15 heavy (non-hydrogen) atoms. The summed E-state index contributed by atoms with van der Waals surface area (Å²) >= 11 is 0. The van der Waals surface area contributed by atoms with Crippen molar-refractivity contribution in [1.82, 2.24) is 4.57 Å². The van der Waals surface area contributed by atoms with E-state index in [0.29, 0.717) is 11.3 Å². The standard InChI is InChI=1S/C12H10N2O/c1-8-10-5-3-4-9(6-13)12(10)14(2)11(8)7-15/h3-5,7H,1-2H3. The number of nitrogens with zero attached hydrogens (tertiary/aromatic N) is 2. The number of aryl methyl sites for hydroxylation is 2. The Morgan fingerprint density at radius 2 is 2.20 bits per heavy atom. The van der Waals surface area contributed by atoms with Crippen molar-refractivity contribution in [3.05, 3.63) is 35.0 Å². The van der Waals surface area contributed by atoms with E-state index in [1.54, 1.807) is 17.7 Å². The predicted molar refractivity (Wildman–Crippen MR) is 57.8 cm³/mol. The molecule has 0 unspecified atom stereocenters. The van der Waals surface area contributed by atoms with E-state index < -0.39 is 0 Å². The van der Waals surface area contributed by atoms with E-state index >= 15 is 0 Å². The quantitative estimate of drug-likeness (QED) is 0.659. The van der Waals surface area contributed by atoms with Crippen molar-refractivity contribution in [2.24, 2.45) is 7.05 Å². The van der Waals surface area contributed by atoms with Crippen LogP contribution in [0.3, 0.4) is 0 Å². The van der Waals surface area contributed by atoms with Gasteiger partial charge >= 0.3 is 0 Å². The molecule has 0 fully saturated rings. The van der Waals surface area contributed by atoms with Crippen LogP contribution in [0.2, 0.25) is 0 Å². The number of benzene rings is 1. The van der Waals surface area contributed by atoms with Gasteiger partial charge < -0.3 is 4.57 Å². The summed E-state index contributed by atoms with van der Waals surface area (Å²) in [6.07, 6.45) is 0.830. The summed E-state index contributed by atoms with van der Waals surface area (Å²) in [5.41, 5.74) is 3.00. The van der Waals surface area contributed by atoms with E-state index in [0.717, 1.165) is 22.8 Å². The lowest BCUT2D eigenvalue weighted by molar-refractivity contribution is 0.111. The van der Waals surface area contributed by atoms with Gasteiger partial charge in [0.05, 0.1) is 16.8 Å². The Morgan fingerprint density at radius 1 is 1.47 bits per heavy atom. The Balaban J connectivity index is 3.03. The molecule has 1 heterocycles. The molecule has 0 aliphatic heterocycles. The topological polar surface area (TPSA) is 45.8 Å². The van der Waals surface area contributed by atoms with Crippen LogP contribution in [0.5, 0.6) is 0 Å². The Labute approximate surface area is 87.5 Å². The number of carbonyl (C=O) groups is 1.